The van der Waals surface area contributed by atoms with E-state index in [4.69, 9.17) is 10.00 Å². The molecule has 0 spiro atoms. The van der Waals surface area contributed by atoms with E-state index < -0.39 is 5.60 Å². The maximum atomic E-state index is 8.98. The number of nitriles is 1. The second kappa shape index (κ2) is 3.91. The van der Waals surface area contributed by atoms with Crippen LogP contribution in [0.5, 0.6) is 0 Å². The summed E-state index contributed by atoms with van der Waals surface area (Å²) in [5.41, 5.74) is -0.467. The van der Waals surface area contributed by atoms with Gasteiger partial charge in [-0.2, -0.15) is 5.26 Å². The van der Waals surface area contributed by atoms with Crippen molar-refractivity contribution in [3.8, 4) is 6.07 Å². The molecule has 1 rings (SSSR count). The lowest BCUT2D eigenvalue weighted by atomic mass is 9.95. The fourth-order valence-electron chi connectivity index (χ4n) is 1.85. The Morgan fingerprint density at radius 1 is 1.42 bits per heavy atom. The van der Waals surface area contributed by atoms with Crippen LogP contribution in [0.4, 0.5) is 0 Å². The van der Waals surface area contributed by atoms with Crippen LogP contribution < -0.4 is 0 Å². The van der Waals surface area contributed by atoms with Crippen LogP contribution >= 0.6 is 0 Å². The Labute approximate surface area is 74.5 Å². The van der Waals surface area contributed by atoms with Crippen molar-refractivity contribution in [2.45, 2.75) is 44.6 Å². The molecule has 1 aliphatic carbocycles. The van der Waals surface area contributed by atoms with Crippen LogP contribution in [0.25, 0.3) is 0 Å². The van der Waals surface area contributed by atoms with Crippen molar-refractivity contribution >= 4 is 0 Å². The van der Waals surface area contributed by atoms with E-state index in [1.807, 2.05) is 0 Å². The van der Waals surface area contributed by atoms with Crippen molar-refractivity contribution in [2.24, 2.45) is 5.92 Å². The molecule has 0 aromatic rings. The zero-order chi connectivity index (χ0) is 9.03. The highest BCUT2D eigenvalue weighted by Gasteiger charge is 2.31. The Kier molecular flexibility index (Phi) is 3.11. The van der Waals surface area contributed by atoms with Gasteiger partial charge in [0.05, 0.1) is 6.07 Å². The summed E-state index contributed by atoms with van der Waals surface area (Å²) in [5.74, 6) is 0.760. The van der Waals surface area contributed by atoms with Gasteiger partial charge in [0.15, 0.2) is 5.60 Å². The largest absolute Gasteiger partial charge is 0.363 e. The molecule has 0 radical (unpaired) electrons. The number of methoxy groups -OCH3 is 1. The van der Waals surface area contributed by atoms with Crippen LogP contribution in [-0.4, -0.2) is 12.7 Å². The molecule has 2 atom stereocenters. The Bertz CT molecular complexity index is 185. The highest BCUT2D eigenvalue weighted by molar-refractivity contribution is 5.02. The molecule has 0 N–H and O–H groups in total. The van der Waals surface area contributed by atoms with Gasteiger partial charge in [0.1, 0.15) is 0 Å². The first-order valence-corrected chi connectivity index (χ1v) is 4.69. The molecule has 1 saturated carbocycles. The van der Waals surface area contributed by atoms with E-state index in [0.29, 0.717) is 0 Å². The van der Waals surface area contributed by atoms with Gasteiger partial charge < -0.3 is 4.74 Å². The van der Waals surface area contributed by atoms with Gasteiger partial charge in [-0.1, -0.05) is 13.3 Å². The SMILES string of the molecule is COC1(C#N)CCCC(C)CC1. The molecule has 1 aliphatic rings. The van der Waals surface area contributed by atoms with E-state index in [2.05, 4.69) is 13.0 Å². The Balaban J connectivity index is 2.60. The minimum atomic E-state index is -0.467. The lowest BCUT2D eigenvalue weighted by Crippen LogP contribution is -2.28. The Morgan fingerprint density at radius 3 is 2.75 bits per heavy atom. The van der Waals surface area contributed by atoms with E-state index in [-0.39, 0.29) is 0 Å². The minimum Gasteiger partial charge on any atom is -0.363 e. The normalized spacial score (nSPS) is 36.9. The first-order chi connectivity index (χ1) is 5.72. The highest BCUT2D eigenvalue weighted by atomic mass is 16.5. The van der Waals surface area contributed by atoms with Crippen LogP contribution in [0.15, 0.2) is 0 Å². The predicted octanol–water partition coefficient (Wildman–Crippen LogP) is 2.50. The number of rotatable bonds is 1. The maximum absolute atomic E-state index is 8.98. The summed E-state index contributed by atoms with van der Waals surface area (Å²) < 4.78 is 5.30. The molecule has 2 unspecified atom stereocenters. The molecule has 0 aromatic carbocycles. The second-order valence-electron chi connectivity index (χ2n) is 3.85. The summed E-state index contributed by atoms with van der Waals surface area (Å²) in [6.45, 7) is 2.25. The van der Waals surface area contributed by atoms with Crippen LogP contribution in [0.2, 0.25) is 0 Å². The van der Waals surface area contributed by atoms with Crippen molar-refractivity contribution in [3.05, 3.63) is 0 Å². The van der Waals surface area contributed by atoms with E-state index in [0.717, 1.165) is 31.6 Å². The fraction of sp³-hybridized carbons (Fsp3) is 0.900. The standard InChI is InChI=1S/C10H17NO/c1-9-4-3-6-10(8-11,12-2)7-5-9/h9H,3-7H2,1-2H3. The van der Waals surface area contributed by atoms with E-state index in [1.165, 1.54) is 6.42 Å². The third-order valence-corrected chi connectivity index (χ3v) is 2.91. The summed E-state index contributed by atoms with van der Waals surface area (Å²) in [6.07, 6.45) is 5.31. The molecule has 1 fully saturated rings. The summed E-state index contributed by atoms with van der Waals surface area (Å²) in [7, 11) is 1.65. The van der Waals surface area contributed by atoms with E-state index in [9.17, 15) is 0 Å². The van der Waals surface area contributed by atoms with E-state index >= 15 is 0 Å². The monoisotopic (exact) mass is 167 g/mol. The number of nitrogens with zero attached hydrogens (tertiary/aromatic N) is 1. The Hall–Kier alpha value is -0.550. The summed E-state index contributed by atoms with van der Waals surface area (Å²) >= 11 is 0. The lowest BCUT2D eigenvalue weighted by Gasteiger charge is -2.22. The van der Waals surface area contributed by atoms with Crippen molar-refractivity contribution in [2.75, 3.05) is 7.11 Å². The van der Waals surface area contributed by atoms with Crippen LogP contribution in [0, 0.1) is 17.2 Å². The van der Waals surface area contributed by atoms with Gasteiger partial charge in [-0.15, -0.1) is 0 Å². The highest BCUT2D eigenvalue weighted by Crippen LogP contribution is 2.31. The lowest BCUT2D eigenvalue weighted by molar-refractivity contribution is 0.0257. The molecular formula is C10H17NO. The van der Waals surface area contributed by atoms with Gasteiger partial charge >= 0.3 is 0 Å². The van der Waals surface area contributed by atoms with Crippen molar-refractivity contribution in [1.29, 1.82) is 5.26 Å². The molecule has 12 heavy (non-hydrogen) atoms. The molecule has 0 heterocycles. The van der Waals surface area contributed by atoms with Gasteiger partial charge in [-0.05, 0) is 31.6 Å². The van der Waals surface area contributed by atoms with Crippen molar-refractivity contribution in [1.82, 2.24) is 0 Å². The molecule has 0 amide bonds. The third kappa shape index (κ3) is 1.98. The summed E-state index contributed by atoms with van der Waals surface area (Å²) in [6, 6.07) is 2.31. The zero-order valence-corrected chi connectivity index (χ0v) is 7.97. The first-order valence-electron chi connectivity index (χ1n) is 4.69. The zero-order valence-electron chi connectivity index (χ0n) is 7.97. The average molecular weight is 167 g/mol. The molecule has 0 aliphatic heterocycles. The number of hydrogen-bond donors (Lipinski definition) is 0. The van der Waals surface area contributed by atoms with Crippen LogP contribution in [0.3, 0.4) is 0 Å². The maximum Gasteiger partial charge on any atom is 0.153 e. The van der Waals surface area contributed by atoms with Crippen LogP contribution in [0.1, 0.15) is 39.0 Å². The quantitative estimate of drug-likeness (QED) is 0.562. The topological polar surface area (TPSA) is 33.0 Å². The first kappa shape index (κ1) is 9.54. The molecule has 68 valence electrons. The van der Waals surface area contributed by atoms with Crippen molar-refractivity contribution in [3.63, 3.8) is 0 Å². The van der Waals surface area contributed by atoms with Gasteiger partial charge in [0.25, 0.3) is 0 Å². The molecule has 2 nitrogen and oxygen atoms in total. The molecule has 2 heteroatoms. The summed E-state index contributed by atoms with van der Waals surface area (Å²) in [5, 5.41) is 8.98. The van der Waals surface area contributed by atoms with Crippen LogP contribution in [-0.2, 0) is 4.74 Å². The summed E-state index contributed by atoms with van der Waals surface area (Å²) in [4.78, 5) is 0. The van der Waals surface area contributed by atoms with Gasteiger partial charge in [0, 0.05) is 7.11 Å². The van der Waals surface area contributed by atoms with Gasteiger partial charge in [0.2, 0.25) is 0 Å². The molecule has 0 aromatic heterocycles. The predicted molar refractivity (Wildman–Crippen MR) is 47.6 cm³/mol. The minimum absolute atomic E-state index is 0.467. The molecule has 0 bridgehead atoms. The third-order valence-electron chi connectivity index (χ3n) is 2.91. The average Bonchev–Trinajstić information content (AvgIpc) is 2.28. The van der Waals surface area contributed by atoms with E-state index in [1.54, 1.807) is 7.11 Å². The van der Waals surface area contributed by atoms with Gasteiger partial charge in [-0.25, -0.2) is 0 Å². The molecule has 0 saturated heterocycles. The number of hydrogen-bond acceptors (Lipinski definition) is 2. The fourth-order valence-corrected chi connectivity index (χ4v) is 1.85. The van der Waals surface area contributed by atoms with Crippen molar-refractivity contribution < 1.29 is 4.74 Å². The smallest absolute Gasteiger partial charge is 0.153 e. The Morgan fingerprint density at radius 2 is 2.17 bits per heavy atom. The molecular weight excluding hydrogens is 150 g/mol. The second-order valence-corrected chi connectivity index (χ2v) is 3.85. The number of ether oxygens (including phenoxy) is 1. The van der Waals surface area contributed by atoms with Gasteiger partial charge in [-0.3, -0.25) is 0 Å².